The number of hydrogen-bond donors (Lipinski definition) is 1. The summed E-state index contributed by atoms with van der Waals surface area (Å²) in [7, 11) is 3.42. The molecular formula is C11H17FN4O2. The third-order valence-electron chi connectivity index (χ3n) is 2.74. The quantitative estimate of drug-likeness (QED) is 0.839. The minimum absolute atomic E-state index is 0.0609. The van der Waals surface area contributed by atoms with Crippen molar-refractivity contribution in [2.75, 3.05) is 45.7 Å². The minimum atomic E-state index is -0.573. The standard InChI is InChI=1S/C11H17FN4O2/c1-16-3-4-18-8(7-16)5-13-11-14-6-9(12)10(15-11)17-2/h6,8H,3-5,7H2,1-2H3,(H,13,14,15). The highest BCUT2D eigenvalue weighted by molar-refractivity contribution is 5.28. The summed E-state index contributed by atoms with van der Waals surface area (Å²) in [6.07, 6.45) is 1.17. The van der Waals surface area contributed by atoms with Gasteiger partial charge < -0.3 is 19.7 Å². The van der Waals surface area contributed by atoms with Crippen molar-refractivity contribution in [1.29, 1.82) is 0 Å². The van der Waals surface area contributed by atoms with Crippen molar-refractivity contribution in [2.24, 2.45) is 0 Å². The van der Waals surface area contributed by atoms with E-state index >= 15 is 0 Å². The van der Waals surface area contributed by atoms with Gasteiger partial charge in [0.25, 0.3) is 5.88 Å². The van der Waals surface area contributed by atoms with Crippen LogP contribution in [0.1, 0.15) is 0 Å². The van der Waals surface area contributed by atoms with Crippen molar-refractivity contribution < 1.29 is 13.9 Å². The predicted octanol–water partition coefficient (Wildman–Crippen LogP) is 0.367. The van der Waals surface area contributed by atoms with E-state index in [4.69, 9.17) is 9.47 Å². The van der Waals surface area contributed by atoms with Gasteiger partial charge in [-0.05, 0) is 7.05 Å². The van der Waals surface area contributed by atoms with Crippen molar-refractivity contribution in [3.05, 3.63) is 12.0 Å². The van der Waals surface area contributed by atoms with Crippen LogP contribution in [0.2, 0.25) is 0 Å². The molecule has 2 heterocycles. The molecule has 1 saturated heterocycles. The van der Waals surface area contributed by atoms with E-state index in [1.54, 1.807) is 0 Å². The van der Waals surface area contributed by atoms with E-state index in [2.05, 4.69) is 20.2 Å². The number of methoxy groups -OCH3 is 1. The first kappa shape index (κ1) is 13.0. The van der Waals surface area contributed by atoms with Gasteiger partial charge in [0.05, 0.1) is 26.0 Å². The minimum Gasteiger partial charge on any atom is -0.479 e. The monoisotopic (exact) mass is 256 g/mol. The van der Waals surface area contributed by atoms with Gasteiger partial charge in [-0.2, -0.15) is 9.37 Å². The van der Waals surface area contributed by atoms with Gasteiger partial charge >= 0.3 is 0 Å². The Bertz CT molecular complexity index is 405. The van der Waals surface area contributed by atoms with Crippen LogP contribution in [0.4, 0.5) is 10.3 Å². The Labute approximate surface area is 105 Å². The zero-order valence-corrected chi connectivity index (χ0v) is 10.5. The van der Waals surface area contributed by atoms with E-state index in [1.165, 1.54) is 7.11 Å². The van der Waals surface area contributed by atoms with E-state index in [0.29, 0.717) is 12.5 Å². The van der Waals surface area contributed by atoms with Crippen LogP contribution in [0.3, 0.4) is 0 Å². The molecule has 0 aromatic carbocycles. The van der Waals surface area contributed by atoms with Gasteiger partial charge in [0, 0.05) is 19.6 Å². The summed E-state index contributed by atoms with van der Waals surface area (Å²) < 4.78 is 23.5. The first-order valence-electron chi connectivity index (χ1n) is 5.79. The molecule has 1 unspecified atom stereocenters. The normalized spacial score (nSPS) is 20.7. The van der Waals surface area contributed by atoms with E-state index < -0.39 is 5.82 Å². The topological polar surface area (TPSA) is 59.5 Å². The second kappa shape index (κ2) is 5.92. The molecule has 100 valence electrons. The molecule has 1 N–H and O–H groups in total. The van der Waals surface area contributed by atoms with Crippen LogP contribution in [0, 0.1) is 5.82 Å². The lowest BCUT2D eigenvalue weighted by Crippen LogP contribution is -2.43. The first-order valence-corrected chi connectivity index (χ1v) is 5.79. The number of ether oxygens (including phenoxy) is 2. The summed E-state index contributed by atoms with van der Waals surface area (Å²) in [5.74, 6) is -0.295. The van der Waals surface area contributed by atoms with Crippen molar-refractivity contribution in [2.45, 2.75) is 6.10 Å². The summed E-state index contributed by atoms with van der Waals surface area (Å²) in [6.45, 7) is 3.10. The number of morpholine rings is 1. The largest absolute Gasteiger partial charge is 0.479 e. The number of rotatable bonds is 4. The number of anilines is 1. The molecule has 1 aromatic heterocycles. The summed E-state index contributed by atoms with van der Waals surface area (Å²) in [5.41, 5.74) is 0. The second-order valence-corrected chi connectivity index (χ2v) is 4.19. The number of aromatic nitrogens is 2. The lowest BCUT2D eigenvalue weighted by atomic mass is 10.3. The van der Waals surface area contributed by atoms with E-state index in [0.717, 1.165) is 25.9 Å². The fourth-order valence-corrected chi connectivity index (χ4v) is 1.78. The summed E-state index contributed by atoms with van der Waals surface area (Å²) in [6, 6.07) is 0. The number of nitrogens with one attached hydrogen (secondary N) is 1. The third-order valence-corrected chi connectivity index (χ3v) is 2.74. The van der Waals surface area contributed by atoms with Crippen molar-refractivity contribution in [1.82, 2.24) is 14.9 Å². The smallest absolute Gasteiger partial charge is 0.255 e. The fourth-order valence-electron chi connectivity index (χ4n) is 1.78. The molecule has 1 aliphatic rings. The van der Waals surface area contributed by atoms with E-state index in [9.17, 15) is 4.39 Å². The SMILES string of the molecule is COc1nc(NCC2CN(C)CCO2)ncc1F. The molecule has 1 fully saturated rings. The number of halogens is 1. The second-order valence-electron chi connectivity index (χ2n) is 4.19. The maximum absolute atomic E-state index is 13.1. The van der Waals surface area contributed by atoms with Gasteiger partial charge in [0.2, 0.25) is 11.8 Å². The zero-order valence-electron chi connectivity index (χ0n) is 10.5. The Kier molecular flexibility index (Phi) is 4.27. The number of hydrogen-bond acceptors (Lipinski definition) is 6. The van der Waals surface area contributed by atoms with Crippen molar-refractivity contribution in [3.8, 4) is 5.88 Å². The van der Waals surface area contributed by atoms with Crippen LogP contribution in [-0.4, -0.2) is 61.4 Å². The highest BCUT2D eigenvalue weighted by atomic mass is 19.1. The van der Waals surface area contributed by atoms with Gasteiger partial charge in [0.15, 0.2) is 0 Å². The lowest BCUT2D eigenvalue weighted by molar-refractivity contribution is -0.0118. The Morgan fingerprint density at radius 2 is 2.50 bits per heavy atom. The molecule has 0 radical (unpaired) electrons. The Morgan fingerprint density at radius 1 is 1.67 bits per heavy atom. The molecule has 1 atom stereocenters. The van der Waals surface area contributed by atoms with E-state index in [1.807, 2.05) is 7.05 Å². The maximum atomic E-state index is 13.1. The average molecular weight is 256 g/mol. The Balaban J connectivity index is 1.89. The molecular weight excluding hydrogens is 239 g/mol. The summed E-state index contributed by atoms with van der Waals surface area (Å²) in [5, 5.41) is 3.02. The number of likely N-dealkylation sites (N-methyl/N-ethyl adjacent to an activating group) is 1. The molecule has 1 aliphatic heterocycles. The van der Waals surface area contributed by atoms with Gasteiger partial charge in [0.1, 0.15) is 0 Å². The third kappa shape index (κ3) is 3.27. The van der Waals surface area contributed by atoms with Crippen LogP contribution in [0.15, 0.2) is 6.20 Å². The van der Waals surface area contributed by atoms with E-state index in [-0.39, 0.29) is 12.0 Å². The van der Waals surface area contributed by atoms with Crippen LogP contribution in [0.5, 0.6) is 5.88 Å². The molecule has 2 rings (SSSR count). The molecule has 0 bridgehead atoms. The van der Waals surface area contributed by atoms with Crippen molar-refractivity contribution >= 4 is 5.95 Å². The molecule has 0 amide bonds. The molecule has 0 spiro atoms. The van der Waals surface area contributed by atoms with Gasteiger partial charge in [-0.15, -0.1) is 0 Å². The summed E-state index contributed by atoms with van der Waals surface area (Å²) >= 11 is 0. The molecule has 1 aromatic rings. The first-order chi connectivity index (χ1) is 8.69. The van der Waals surface area contributed by atoms with Crippen LogP contribution in [0.25, 0.3) is 0 Å². The lowest BCUT2D eigenvalue weighted by Gasteiger charge is -2.30. The average Bonchev–Trinajstić information content (AvgIpc) is 2.38. The molecule has 0 saturated carbocycles. The summed E-state index contributed by atoms with van der Waals surface area (Å²) in [4.78, 5) is 9.95. The highest BCUT2D eigenvalue weighted by Gasteiger charge is 2.17. The molecule has 0 aliphatic carbocycles. The zero-order chi connectivity index (χ0) is 13.0. The van der Waals surface area contributed by atoms with Gasteiger partial charge in [-0.1, -0.05) is 0 Å². The van der Waals surface area contributed by atoms with Crippen LogP contribution in [-0.2, 0) is 4.74 Å². The molecule has 6 nitrogen and oxygen atoms in total. The molecule has 7 heteroatoms. The Morgan fingerprint density at radius 3 is 3.22 bits per heavy atom. The van der Waals surface area contributed by atoms with Crippen molar-refractivity contribution in [3.63, 3.8) is 0 Å². The highest BCUT2D eigenvalue weighted by Crippen LogP contribution is 2.13. The van der Waals surface area contributed by atoms with Crippen LogP contribution < -0.4 is 10.1 Å². The number of nitrogens with zero attached hydrogens (tertiary/aromatic N) is 3. The van der Waals surface area contributed by atoms with Gasteiger partial charge in [-0.3, -0.25) is 0 Å². The van der Waals surface area contributed by atoms with Crippen LogP contribution >= 0.6 is 0 Å². The molecule has 18 heavy (non-hydrogen) atoms. The predicted molar refractivity (Wildman–Crippen MR) is 64.3 cm³/mol. The maximum Gasteiger partial charge on any atom is 0.255 e. The van der Waals surface area contributed by atoms with Gasteiger partial charge in [-0.25, -0.2) is 4.98 Å². The Hall–Kier alpha value is -1.47. The fraction of sp³-hybridized carbons (Fsp3) is 0.636.